The second-order valence-corrected chi connectivity index (χ2v) is 5.67. The molecule has 0 nitrogen and oxygen atoms in total. The van der Waals surface area contributed by atoms with Crippen molar-refractivity contribution in [2.24, 2.45) is 0 Å². The summed E-state index contributed by atoms with van der Waals surface area (Å²) in [5.74, 6) is 0. The zero-order valence-corrected chi connectivity index (χ0v) is 13.8. The second-order valence-electron chi connectivity index (χ2n) is 5.67. The average Bonchev–Trinajstić information content (AvgIpc) is 3.26. The summed E-state index contributed by atoms with van der Waals surface area (Å²) in [7, 11) is 0. The van der Waals surface area contributed by atoms with Crippen LogP contribution in [0.15, 0.2) is 68.9 Å². The van der Waals surface area contributed by atoms with Crippen LogP contribution in [-0.2, 0) is 0 Å². The largest absolute Gasteiger partial charge is 0.0798 e. The molecule has 0 saturated carbocycles. The summed E-state index contributed by atoms with van der Waals surface area (Å²) in [6, 6.07) is 0. The smallest absolute Gasteiger partial charge is 0.00140 e. The van der Waals surface area contributed by atoms with Crippen LogP contribution in [0.2, 0.25) is 0 Å². The van der Waals surface area contributed by atoms with Crippen molar-refractivity contribution in [3.05, 3.63) is 68.9 Å². The van der Waals surface area contributed by atoms with Gasteiger partial charge in [-0.15, -0.1) is 0 Å². The van der Waals surface area contributed by atoms with Crippen LogP contribution in [0.1, 0.15) is 59.8 Å². The minimum atomic E-state index is 1.19. The maximum Gasteiger partial charge on any atom is -0.00140 e. The molecule has 0 aromatic carbocycles. The Morgan fingerprint density at radius 2 is 0.905 bits per heavy atom. The van der Waals surface area contributed by atoms with Crippen molar-refractivity contribution in [1.29, 1.82) is 0 Å². The van der Waals surface area contributed by atoms with Gasteiger partial charge in [0.15, 0.2) is 0 Å². The molecule has 0 unspecified atom stereocenters. The number of fused-ring (bicyclic) bond motifs is 3. The first-order valence-corrected chi connectivity index (χ1v) is 8.64. The summed E-state index contributed by atoms with van der Waals surface area (Å²) in [6.45, 7) is 8.00. The van der Waals surface area contributed by atoms with Gasteiger partial charge < -0.3 is 0 Å². The summed E-state index contributed by atoms with van der Waals surface area (Å²) in [5.41, 5.74) is 13.4. The van der Waals surface area contributed by atoms with E-state index in [9.17, 15) is 0 Å². The molecule has 5 aliphatic carbocycles. The first-order chi connectivity index (χ1) is 10.4. The van der Waals surface area contributed by atoms with Crippen molar-refractivity contribution < 1.29 is 0 Å². The van der Waals surface area contributed by atoms with Crippen molar-refractivity contribution in [1.82, 2.24) is 0 Å². The average molecular weight is 278 g/mol. The fourth-order valence-corrected chi connectivity index (χ4v) is 4.21. The van der Waals surface area contributed by atoms with E-state index >= 15 is 0 Å². The predicted octanol–water partition coefficient (Wildman–Crippen LogP) is 6.36. The molecule has 0 fully saturated rings. The maximum absolute atomic E-state index is 2.35. The molecule has 0 saturated heterocycles. The van der Waals surface area contributed by atoms with E-state index in [0.29, 0.717) is 0 Å². The van der Waals surface area contributed by atoms with E-state index in [2.05, 4.69) is 24.3 Å². The van der Waals surface area contributed by atoms with Crippen LogP contribution in [0.4, 0.5) is 0 Å². The summed E-state index contributed by atoms with van der Waals surface area (Å²) in [6.07, 6.45) is 15.4. The molecule has 0 spiro atoms. The molecule has 110 valence electrons. The minimum Gasteiger partial charge on any atom is -0.0798 e. The van der Waals surface area contributed by atoms with Crippen molar-refractivity contribution in [3.8, 4) is 0 Å². The van der Waals surface area contributed by atoms with Crippen LogP contribution in [0.5, 0.6) is 0 Å². The SMILES string of the molecule is C1=CC2=C(C1)C1=C(C2)C2=C(C1)C1=C(C=CC1)C2.CC.CC. The highest BCUT2D eigenvalue weighted by molar-refractivity contribution is 5.73. The summed E-state index contributed by atoms with van der Waals surface area (Å²) >= 11 is 0. The maximum atomic E-state index is 2.35. The van der Waals surface area contributed by atoms with Crippen LogP contribution < -0.4 is 0 Å². The molecule has 0 aromatic rings. The topological polar surface area (TPSA) is 0 Å². The highest BCUT2D eigenvalue weighted by Crippen LogP contribution is 2.56. The van der Waals surface area contributed by atoms with E-state index in [1.54, 1.807) is 44.6 Å². The summed E-state index contributed by atoms with van der Waals surface area (Å²) in [5, 5.41) is 0. The van der Waals surface area contributed by atoms with Crippen LogP contribution in [0, 0.1) is 0 Å². The Balaban J connectivity index is 0.000000308. The van der Waals surface area contributed by atoms with E-state index in [4.69, 9.17) is 0 Å². The van der Waals surface area contributed by atoms with Crippen molar-refractivity contribution in [2.75, 3.05) is 0 Å². The zero-order chi connectivity index (χ0) is 15.0. The van der Waals surface area contributed by atoms with Gasteiger partial charge in [0.1, 0.15) is 0 Å². The Morgan fingerprint density at radius 1 is 0.524 bits per heavy atom. The van der Waals surface area contributed by atoms with Crippen molar-refractivity contribution >= 4 is 0 Å². The lowest BCUT2D eigenvalue weighted by Gasteiger charge is -2.07. The zero-order valence-electron chi connectivity index (χ0n) is 13.8. The highest BCUT2D eigenvalue weighted by atomic mass is 14.4. The Morgan fingerprint density at radius 3 is 1.33 bits per heavy atom. The monoisotopic (exact) mass is 278 g/mol. The lowest BCUT2D eigenvalue weighted by Crippen LogP contribution is -1.89. The molecule has 5 rings (SSSR count). The van der Waals surface area contributed by atoms with Crippen LogP contribution >= 0.6 is 0 Å². The van der Waals surface area contributed by atoms with Crippen LogP contribution in [-0.4, -0.2) is 0 Å². The standard InChI is InChI=1S/C17H14.2C2H6/c1-3-10-7-14-15-8-11-4-2-6-13(11)17(15)9-16(14)12(10)5-1;2*1-2/h1-4H,5-9H2;2*1-2H3. The molecule has 0 radical (unpaired) electrons. The fraction of sp³-hybridized carbons (Fsp3) is 0.429. The number of rotatable bonds is 0. The minimum absolute atomic E-state index is 1.19. The molecule has 0 aromatic heterocycles. The van der Waals surface area contributed by atoms with Gasteiger partial charge in [0, 0.05) is 0 Å². The van der Waals surface area contributed by atoms with Crippen LogP contribution in [0.25, 0.3) is 0 Å². The first kappa shape index (κ1) is 14.4. The van der Waals surface area contributed by atoms with E-state index in [1.165, 1.54) is 32.1 Å². The molecule has 0 N–H and O–H groups in total. The summed E-state index contributed by atoms with van der Waals surface area (Å²) < 4.78 is 0. The molecule has 0 heterocycles. The molecule has 0 amide bonds. The molecular weight excluding hydrogens is 252 g/mol. The van der Waals surface area contributed by atoms with Gasteiger partial charge >= 0.3 is 0 Å². The lowest BCUT2D eigenvalue weighted by molar-refractivity contribution is 1.10. The van der Waals surface area contributed by atoms with E-state index in [-0.39, 0.29) is 0 Å². The Labute approximate surface area is 129 Å². The molecule has 0 bridgehead atoms. The highest BCUT2D eigenvalue weighted by Gasteiger charge is 2.37. The number of allylic oxidation sites excluding steroid dienone is 12. The molecule has 0 heteroatoms. The third-order valence-electron chi connectivity index (χ3n) is 4.97. The van der Waals surface area contributed by atoms with Gasteiger partial charge in [-0.1, -0.05) is 52.0 Å². The normalized spacial score (nSPS) is 23.0. The number of hydrogen-bond acceptors (Lipinski definition) is 0. The van der Waals surface area contributed by atoms with Gasteiger partial charge in [0.05, 0.1) is 0 Å². The summed E-state index contributed by atoms with van der Waals surface area (Å²) in [4.78, 5) is 0. The van der Waals surface area contributed by atoms with Gasteiger partial charge in [-0.3, -0.25) is 0 Å². The first-order valence-electron chi connectivity index (χ1n) is 8.64. The van der Waals surface area contributed by atoms with Gasteiger partial charge in [0.25, 0.3) is 0 Å². The third kappa shape index (κ3) is 1.96. The van der Waals surface area contributed by atoms with Crippen molar-refractivity contribution in [3.63, 3.8) is 0 Å². The third-order valence-corrected chi connectivity index (χ3v) is 4.97. The van der Waals surface area contributed by atoms with Gasteiger partial charge in [-0.05, 0) is 76.7 Å². The fourth-order valence-electron chi connectivity index (χ4n) is 4.21. The number of hydrogen-bond donors (Lipinski definition) is 0. The van der Waals surface area contributed by atoms with Gasteiger partial charge in [-0.2, -0.15) is 0 Å². The molecule has 5 aliphatic rings. The molecule has 0 atom stereocenters. The van der Waals surface area contributed by atoms with Crippen molar-refractivity contribution in [2.45, 2.75) is 59.8 Å². The molecular formula is C21H26. The predicted molar refractivity (Wildman–Crippen MR) is 92.2 cm³/mol. The Hall–Kier alpha value is -1.56. The lowest BCUT2D eigenvalue weighted by atomic mass is 9.97. The van der Waals surface area contributed by atoms with E-state index in [0.717, 1.165) is 0 Å². The van der Waals surface area contributed by atoms with E-state index < -0.39 is 0 Å². The van der Waals surface area contributed by atoms with E-state index in [1.807, 2.05) is 27.7 Å². The molecule has 21 heavy (non-hydrogen) atoms. The van der Waals surface area contributed by atoms with Gasteiger partial charge in [0.2, 0.25) is 0 Å². The Kier molecular flexibility index (Phi) is 3.89. The molecule has 0 aliphatic heterocycles. The van der Waals surface area contributed by atoms with Gasteiger partial charge in [-0.25, -0.2) is 0 Å². The second kappa shape index (κ2) is 5.67. The Bertz CT molecular complexity index is 596. The van der Waals surface area contributed by atoms with Crippen LogP contribution in [0.3, 0.4) is 0 Å². The quantitative estimate of drug-likeness (QED) is 0.484.